The Morgan fingerprint density at radius 1 is 0.966 bits per heavy atom. The molecule has 0 saturated heterocycles. The van der Waals surface area contributed by atoms with Crippen LogP contribution in [0.2, 0.25) is 0 Å². The summed E-state index contributed by atoms with van der Waals surface area (Å²) in [6, 6.07) is 6.29. The number of hydrogen-bond donors (Lipinski definition) is 1. The van der Waals surface area contributed by atoms with Gasteiger partial charge in [0.1, 0.15) is 4.88 Å². The molecule has 1 aromatic heterocycles. The minimum absolute atomic E-state index is 0.0722. The first-order valence-electron chi connectivity index (χ1n) is 7.96. The number of anilines is 1. The average molecular weight is 431 g/mol. The molecule has 0 saturated carbocycles. The Hall–Kier alpha value is -2.95. The third-order valence-electron chi connectivity index (χ3n) is 3.96. The van der Waals surface area contributed by atoms with Crippen molar-refractivity contribution in [3.8, 4) is 11.1 Å². The smallest absolute Gasteiger partial charge is 0.321 e. The number of rotatable bonds is 3. The second kappa shape index (κ2) is 7.47. The zero-order valence-corrected chi connectivity index (χ0v) is 15.3. The van der Waals surface area contributed by atoms with Crippen molar-refractivity contribution < 1.29 is 31.1 Å². The first-order chi connectivity index (χ1) is 13.5. The lowest BCUT2D eigenvalue weighted by molar-refractivity contribution is -0.141. The van der Waals surface area contributed by atoms with E-state index in [0.29, 0.717) is 23.9 Å². The fraction of sp³-hybridized carbons (Fsp3) is 0.167. The Morgan fingerprint density at radius 3 is 2.14 bits per heavy atom. The predicted molar refractivity (Wildman–Crippen MR) is 94.5 cm³/mol. The van der Waals surface area contributed by atoms with Gasteiger partial charge in [-0.05, 0) is 59.9 Å². The molecular formula is C18H11F6N3OS. The van der Waals surface area contributed by atoms with Crippen LogP contribution in [0.3, 0.4) is 0 Å². The van der Waals surface area contributed by atoms with E-state index in [1.54, 1.807) is 6.92 Å². The third kappa shape index (κ3) is 4.56. The summed E-state index contributed by atoms with van der Waals surface area (Å²) in [5.74, 6) is -0.500. The molecule has 0 bridgehead atoms. The summed E-state index contributed by atoms with van der Waals surface area (Å²) in [6.45, 7) is 1.59. The van der Waals surface area contributed by atoms with Crippen LogP contribution < -0.4 is 5.32 Å². The molecule has 0 unspecified atom stereocenters. The molecule has 3 rings (SSSR count). The number of carbonyl (C=O) groups is 1. The lowest BCUT2D eigenvalue weighted by atomic mass is 9.96. The van der Waals surface area contributed by atoms with Gasteiger partial charge < -0.3 is 5.32 Å². The summed E-state index contributed by atoms with van der Waals surface area (Å²) in [6.07, 6.45) is -9.61. The molecule has 3 aromatic rings. The van der Waals surface area contributed by atoms with Crippen LogP contribution in [-0.2, 0) is 12.4 Å². The summed E-state index contributed by atoms with van der Waals surface area (Å²) in [7, 11) is 0. The van der Waals surface area contributed by atoms with E-state index in [9.17, 15) is 31.1 Å². The van der Waals surface area contributed by atoms with Crippen LogP contribution >= 0.6 is 11.5 Å². The largest absolute Gasteiger partial charge is 0.417 e. The van der Waals surface area contributed by atoms with Crippen LogP contribution in [0.4, 0.5) is 32.0 Å². The fourth-order valence-electron chi connectivity index (χ4n) is 2.57. The van der Waals surface area contributed by atoms with Crippen molar-refractivity contribution in [3.05, 3.63) is 64.2 Å². The molecule has 4 nitrogen and oxygen atoms in total. The molecule has 0 aliphatic heterocycles. The molecule has 1 heterocycles. The van der Waals surface area contributed by atoms with Crippen molar-refractivity contribution in [3.63, 3.8) is 0 Å². The van der Waals surface area contributed by atoms with Crippen LogP contribution in [0.5, 0.6) is 0 Å². The molecule has 29 heavy (non-hydrogen) atoms. The summed E-state index contributed by atoms with van der Waals surface area (Å²) in [4.78, 5) is 12.4. The highest BCUT2D eigenvalue weighted by atomic mass is 32.1. The maximum atomic E-state index is 13.3. The van der Waals surface area contributed by atoms with Gasteiger partial charge in [0, 0.05) is 5.69 Å². The number of nitrogens with zero attached hydrogens (tertiary/aromatic N) is 2. The van der Waals surface area contributed by atoms with Crippen LogP contribution in [0.25, 0.3) is 11.1 Å². The van der Waals surface area contributed by atoms with Crippen LogP contribution in [-0.4, -0.2) is 15.5 Å². The quantitative estimate of drug-likeness (QED) is 0.533. The Morgan fingerprint density at radius 2 is 1.62 bits per heavy atom. The normalized spacial score (nSPS) is 12.1. The van der Waals surface area contributed by atoms with Crippen molar-refractivity contribution in [2.75, 3.05) is 5.32 Å². The summed E-state index contributed by atoms with van der Waals surface area (Å²) in [5, 5.41) is 6.24. The Bertz CT molecular complexity index is 1040. The number of aromatic nitrogens is 2. The Balaban J connectivity index is 1.94. The standard InChI is InChI=1S/C18H11F6N3OS/c1-9-15(29-27-26-9)16(28)25-12-5-2-10(3-6-12)13-8-11(17(19,20)21)4-7-14(13)18(22,23)24/h2-8H,1H3,(H,25,28). The number of aryl methyl sites for hydroxylation is 1. The molecule has 2 aromatic carbocycles. The monoisotopic (exact) mass is 431 g/mol. The molecule has 152 valence electrons. The zero-order valence-electron chi connectivity index (χ0n) is 14.5. The topological polar surface area (TPSA) is 54.9 Å². The highest BCUT2D eigenvalue weighted by Gasteiger charge is 2.37. The number of benzene rings is 2. The van der Waals surface area contributed by atoms with E-state index in [1.165, 1.54) is 24.3 Å². The van der Waals surface area contributed by atoms with Gasteiger partial charge in [0.15, 0.2) is 0 Å². The number of carbonyl (C=O) groups excluding carboxylic acids is 1. The summed E-state index contributed by atoms with van der Waals surface area (Å²) < 4.78 is 82.3. The van der Waals surface area contributed by atoms with E-state index >= 15 is 0 Å². The van der Waals surface area contributed by atoms with Gasteiger partial charge in [-0.3, -0.25) is 4.79 Å². The summed E-state index contributed by atoms with van der Waals surface area (Å²) in [5.41, 5.74) is -2.38. The van der Waals surface area contributed by atoms with Gasteiger partial charge in [0.2, 0.25) is 0 Å². The number of alkyl halides is 6. The zero-order chi connectivity index (χ0) is 21.4. The molecule has 0 radical (unpaired) electrons. The molecule has 0 spiro atoms. The van der Waals surface area contributed by atoms with E-state index in [2.05, 4.69) is 14.9 Å². The van der Waals surface area contributed by atoms with Gasteiger partial charge in [-0.1, -0.05) is 16.6 Å². The van der Waals surface area contributed by atoms with E-state index in [-0.39, 0.29) is 16.1 Å². The highest BCUT2D eigenvalue weighted by molar-refractivity contribution is 7.08. The van der Waals surface area contributed by atoms with Crippen LogP contribution in [0.15, 0.2) is 42.5 Å². The lowest BCUT2D eigenvalue weighted by Crippen LogP contribution is -2.12. The van der Waals surface area contributed by atoms with E-state index in [1.807, 2.05) is 0 Å². The Labute approximate surface area is 164 Å². The predicted octanol–water partition coefficient (Wildman–Crippen LogP) is 5.80. The molecule has 1 N–H and O–H groups in total. The van der Waals surface area contributed by atoms with Gasteiger partial charge in [-0.2, -0.15) is 26.3 Å². The van der Waals surface area contributed by atoms with Gasteiger partial charge in [0.05, 0.1) is 16.8 Å². The first-order valence-corrected chi connectivity index (χ1v) is 8.73. The molecule has 0 atom stereocenters. The fourth-order valence-corrected chi connectivity index (χ4v) is 3.12. The van der Waals surface area contributed by atoms with E-state index in [0.717, 1.165) is 11.5 Å². The van der Waals surface area contributed by atoms with E-state index in [4.69, 9.17) is 0 Å². The van der Waals surface area contributed by atoms with Crippen molar-refractivity contribution in [2.45, 2.75) is 19.3 Å². The van der Waals surface area contributed by atoms with Gasteiger partial charge in [-0.25, -0.2) is 0 Å². The highest BCUT2D eigenvalue weighted by Crippen LogP contribution is 2.40. The van der Waals surface area contributed by atoms with Crippen LogP contribution in [0, 0.1) is 6.92 Å². The molecule has 0 aliphatic rings. The van der Waals surface area contributed by atoms with Crippen LogP contribution in [0.1, 0.15) is 26.5 Å². The molecule has 0 fully saturated rings. The number of nitrogens with one attached hydrogen (secondary N) is 1. The number of halogens is 6. The van der Waals surface area contributed by atoms with Crippen molar-refractivity contribution in [2.24, 2.45) is 0 Å². The SMILES string of the molecule is Cc1nnsc1C(=O)Nc1ccc(-c2cc(C(F)(F)F)ccc2C(F)(F)F)cc1. The molecule has 0 aliphatic carbocycles. The molecular weight excluding hydrogens is 420 g/mol. The van der Waals surface area contributed by atoms with E-state index < -0.39 is 35.0 Å². The maximum absolute atomic E-state index is 13.3. The number of amides is 1. The first kappa shape index (κ1) is 20.8. The van der Waals surface area contributed by atoms with Crippen molar-refractivity contribution in [1.29, 1.82) is 0 Å². The minimum Gasteiger partial charge on any atom is -0.321 e. The molecule has 11 heteroatoms. The third-order valence-corrected chi connectivity index (χ3v) is 4.79. The number of hydrogen-bond acceptors (Lipinski definition) is 4. The van der Waals surface area contributed by atoms with Crippen molar-refractivity contribution >= 4 is 23.1 Å². The minimum atomic E-state index is -4.83. The van der Waals surface area contributed by atoms with Gasteiger partial charge in [0.25, 0.3) is 5.91 Å². The second-order valence-corrected chi connectivity index (χ2v) is 6.73. The second-order valence-electron chi connectivity index (χ2n) is 5.97. The van der Waals surface area contributed by atoms with Gasteiger partial charge in [-0.15, -0.1) is 5.10 Å². The maximum Gasteiger partial charge on any atom is 0.417 e. The van der Waals surface area contributed by atoms with Gasteiger partial charge >= 0.3 is 12.4 Å². The van der Waals surface area contributed by atoms with Crippen molar-refractivity contribution in [1.82, 2.24) is 9.59 Å². The average Bonchev–Trinajstić information content (AvgIpc) is 3.06. The summed E-state index contributed by atoms with van der Waals surface area (Å²) >= 11 is 0.881. The lowest BCUT2D eigenvalue weighted by Gasteiger charge is -2.16. The molecule has 1 amide bonds. The Kier molecular flexibility index (Phi) is 5.35.